The third kappa shape index (κ3) is 4.31. The number of rotatable bonds is 5. The predicted molar refractivity (Wildman–Crippen MR) is 93.3 cm³/mol. The van der Waals surface area contributed by atoms with Gasteiger partial charge in [0.05, 0.1) is 18.8 Å². The molecule has 1 saturated carbocycles. The van der Waals surface area contributed by atoms with Crippen molar-refractivity contribution >= 4 is 5.96 Å². The van der Waals surface area contributed by atoms with E-state index in [1.165, 1.54) is 25.7 Å². The number of aliphatic imine (C=N–C) groups is 1. The molecule has 0 spiro atoms. The van der Waals surface area contributed by atoms with Crippen LogP contribution in [-0.4, -0.2) is 31.7 Å². The second kappa shape index (κ2) is 7.90. The first kappa shape index (κ1) is 16.4. The molecule has 0 radical (unpaired) electrons. The van der Waals surface area contributed by atoms with Gasteiger partial charge >= 0.3 is 0 Å². The molecule has 24 heavy (non-hydrogen) atoms. The highest BCUT2D eigenvalue weighted by Crippen LogP contribution is 2.17. The number of aryl methyl sites for hydroxylation is 1. The van der Waals surface area contributed by atoms with Crippen LogP contribution in [0.5, 0.6) is 0 Å². The molecule has 7 heteroatoms. The average molecular weight is 327 g/mol. The molecule has 1 aliphatic rings. The molecule has 2 N–H and O–H groups in total. The minimum Gasteiger partial charge on any atom is -0.354 e. The van der Waals surface area contributed by atoms with Crippen molar-refractivity contribution in [2.75, 3.05) is 0 Å². The van der Waals surface area contributed by atoms with E-state index in [9.17, 15) is 0 Å². The van der Waals surface area contributed by atoms with E-state index >= 15 is 0 Å². The largest absolute Gasteiger partial charge is 0.354 e. The quantitative estimate of drug-likeness (QED) is 0.645. The van der Waals surface area contributed by atoms with E-state index in [0.717, 1.165) is 23.3 Å². The number of aromatic nitrogens is 4. The standard InChI is InChI=1S/C17H25N7/c1-13-22-23-16(24(13)2)12-20-17(21-14-7-3-4-8-14)19-11-15-9-5-6-10-18-15/h5-6,9-10,14H,3-4,7-8,11-12H2,1-2H3,(H2,19,20,21). The Balaban J connectivity index is 1.65. The maximum atomic E-state index is 4.68. The third-order valence-corrected chi connectivity index (χ3v) is 4.42. The highest BCUT2D eigenvalue weighted by atomic mass is 15.3. The highest BCUT2D eigenvalue weighted by Gasteiger charge is 2.16. The van der Waals surface area contributed by atoms with Crippen molar-refractivity contribution in [1.29, 1.82) is 0 Å². The van der Waals surface area contributed by atoms with Crippen LogP contribution in [0.3, 0.4) is 0 Å². The van der Waals surface area contributed by atoms with Gasteiger partial charge in [0.1, 0.15) is 5.82 Å². The van der Waals surface area contributed by atoms with Gasteiger partial charge in [-0.15, -0.1) is 10.2 Å². The van der Waals surface area contributed by atoms with E-state index in [2.05, 4.69) is 30.8 Å². The number of nitrogens with zero attached hydrogens (tertiary/aromatic N) is 5. The second-order valence-electron chi connectivity index (χ2n) is 6.19. The molecular weight excluding hydrogens is 302 g/mol. The number of hydrogen-bond donors (Lipinski definition) is 2. The first-order valence-corrected chi connectivity index (χ1v) is 8.52. The van der Waals surface area contributed by atoms with Crippen LogP contribution in [0.15, 0.2) is 29.4 Å². The van der Waals surface area contributed by atoms with E-state index in [-0.39, 0.29) is 0 Å². The summed E-state index contributed by atoms with van der Waals surface area (Å²) in [5.41, 5.74) is 0.958. The first-order chi connectivity index (χ1) is 11.7. The molecule has 0 saturated heterocycles. The summed E-state index contributed by atoms with van der Waals surface area (Å²) in [7, 11) is 1.97. The third-order valence-electron chi connectivity index (χ3n) is 4.42. The molecule has 0 amide bonds. The number of guanidine groups is 1. The molecule has 2 aromatic rings. The molecule has 1 fully saturated rings. The van der Waals surface area contributed by atoms with Crippen LogP contribution < -0.4 is 10.6 Å². The first-order valence-electron chi connectivity index (χ1n) is 8.52. The summed E-state index contributed by atoms with van der Waals surface area (Å²) in [5.74, 6) is 2.61. The van der Waals surface area contributed by atoms with E-state index < -0.39 is 0 Å². The molecule has 2 heterocycles. The number of nitrogens with one attached hydrogen (secondary N) is 2. The maximum Gasteiger partial charge on any atom is 0.192 e. The van der Waals surface area contributed by atoms with Crippen LogP contribution in [0, 0.1) is 6.92 Å². The molecule has 1 aliphatic carbocycles. The van der Waals surface area contributed by atoms with Crippen LogP contribution in [0.2, 0.25) is 0 Å². The Kier molecular flexibility index (Phi) is 5.40. The van der Waals surface area contributed by atoms with Crippen molar-refractivity contribution < 1.29 is 0 Å². The summed E-state index contributed by atoms with van der Waals surface area (Å²) in [6.07, 6.45) is 6.77. The fourth-order valence-electron chi connectivity index (χ4n) is 2.84. The normalized spacial score (nSPS) is 15.7. The molecular formula is C17H25N7. The fraction of sp³-hybridized carbons (Fsp3) is 0.529. The van der Waals surface area contributed by atoms with Gasteiger partial charge in [0.25, 0.3) is 0 Å². The highest BCUT2D eigenvalue weighted by molar-refractivity contribution is 5.80. The van der Waals surface area contributed by atoms with Crippen molar-refractivity contribution in [3.05, 3.63) is 41.7 Å². The minimum atomic E-state index is 0.501. The van der Waals surface area contributed by atoms with Crippen LogP contribution >= 0.6 is 0 Å². The minimum absolute atomic E-state index is 0.501. The van der Waals surface area contributed by atoms with Crippen molar-refractivity contribution in [3.8, 4) is 0 Å². The van der Waals surface area contributed by atoms with Gasteiger partial charge in [0, 0.05) is 19.3 Å². The molecule has 7 nitrogen and oxygen atoms in total. The lowest BCUT2D eigenvalue weighted by atomic mass is 10.2. The van der Waals surface area contributed by atoms with E-state index in [4.69, 9.17) is 0 Å². The van der Waals surface area contributed by atoms with Crippen molar-refractivity contribution in [2.24, 2.45) is 12.0 Å². The smallest absolute Gasteiger partial charge is 0.192 e. The van der Waals surface area contributed by atoms with Gasteiger partial charge in [-0.3, -0.25) is 4.98 Å². The van der Waals surface area contributed by atoms with Crippen LogP contribution in [-0.2, 0) is 20.1 Å². The lowest BCUT2D eigenvalue weighted by molar-refractivity contribution is 0.606. The zero-order chi connectivity index (χ0) is 16.8. The zero-order valence-electron chi connectivity index (χ0n) is 14.4. The van der Waals surface area contributed by atoms with Crippen molar-refractivity contribution in [1.82, 2.24) is 30.4 Å². The molecule has 0 unspecified atom stereocenters. The molecule has 0 atom stereocenters. The fourth-order valence-corrected chi connectivity index (χ4v) is 2.84. The summed E-state index contributed by atoms with van der Waals surface area (Å²) in [4.78, 5) is 9.01. The van der Waals surface area contributed by atoms with Crippen LogP contribution in [0.1, 0.15) is 43.0 Å². The summed E-state index contributed by atoms with van der Waals surface area (Å²) in [6.45, 7) is 3.10. The van der Waals surface area contributed by atoms with E-state index in [1.807, 2.05) is 36.7 Å². The van der Waals surface area contributed by atoms with Gasteiger partial charge in [-0.05, 0) is 31.9 Å². The number of pyridine rings is 1. The Labute approximate surface area is 142 Å². The maximum absolute atomic E-state index is 4.68. The number of hydrogen-bond acceptors (Lipinski definition) is 4. The molecule has 128 valence electrons. The Hall–Kier alpha value is -2.44. The zero-order valence-corrected chi connectivity index (χ0v) is 14.4. The topological polar surface area (TPSA) is 80.0 Å². The Morgan fingerprint density at radius 3 is 2.79 bits per heavy atom. The molecule has 3 rings (SSSR count). The lowest BCUT2D eigenvalue weighted by Crippen LogP contribution is -2.42. The van der Waals surface area contributed by atoms with Crippen LogP contribution in [0.4, 0.5) is 0 Å². The van der Waals surface area contributed by atoms with Gasteiger partial charge in [0.15, 0.2) is 11.8 Å². The predicted octanol–water partition coefficient (Wildman–Crippen LogP) is 1.70. The molecule has 2 aromatic heterocycles. The van der Waals surface area contributed by atoms with Gasteiger partial charge in [0.2, 0.25) is 0 Å². The Morgan fingerprint density at radius 1 is 1.29 bits per heavy atom. The Bertz CT molecular complexity index is 672. The Morgan fingerprint density at radius 2 is 2.12 bits per heavy atom. The van der Waals surface area contributed by atoms with Gasteiger partial charge in [-0.1, -0.05) is 18.9 Å². The summed E-state index contributed by atoms with van der Waals surface area (Å²) < 4.78 is 1.99. The summed E-state index contributed by atoms with van der Waals surface area (Å²) in [5, 5.41) is 15.2. The monoisotopic (exact) mass is 327 g/mol. The van der Waals surface area contributed by atoms with Crippen molar-refractivity contribution in [2.45, 2.75) is 51.7 Å². The van der Waals surface area contributed by atoms with Crippen molar-refractivity contribution in [3.63, 3.8) is 0 Å². The van der Waals surface area contributed by atoms with E-state index in [0.29, 0.717) is 19.1 Å². The SMILES string of the molecule is Cc1nnc(CNC(=NCc2ccccn2)NC2CCCC2)n1C. The van der Waals surface area contributed by atoms with Gasteiger partial charge < -0.3 is 15.2 Å². The summed E-state index contributed by atoms with van der Waals surface area (Å²) >= 11 is 0. The molecule has 0 bridgehead atoms. The van der Waals surface area contributed by atoms with Gasteiger partial charge in [-0.25, -0.2) is 4.99 Å². The second-order valence-corrected chi connectivity index (χ2v) is 6.19. The van der Waals surface area contributed by atoms with Gasteiger partial charge in [-0.2, -0.15) is 0 Å². The van der Waals surface area contributed by atoms with Crippen LogP contribution in [0.25, 0.3) is 0 Å². The summed E-state index contributed by atoms with van der Waals surface area (Å²) in [6, 6.07) is 6.39. The van der Waals surface area contributed by atoms with E-state index in [1.54, 1.807) is 6.20 Å². The molecule has 0 aromatic carbocycles. The molecule has 0 aliphatic heterocycles. The average Bonchev–Trinajstić information content (AvgIpc) is 3.22. The lowest BCUT2D eigenvalue weighted by Gasteiger charge is -2.17.